The predicted octanol–water partition coefficient (Wildman–Crippen LogP) is 24.4. The summed E-state index contributed by atoms with van der Waals surface area (Å²) in [5.41, 5.74) is 0. The van der Waals surface area contributed by atoms with Crippen molar-refractivity contribution in [3.8, 4) is 0 Å². The van der Waals surface area contributed by atoms with Crippen LogP contribution in [0.3, 0.4) is 0 Å². The SMILES string of the molecule is CCC(C)CCCCCCCCC(=O)OC[C@H](COP(=O)(O)OC[C@H](O)COP(=O)(O)OC[C@@H](COC(=O)CCCCCCCCCCCCCCCCCCC(C)C)OC(=O)CCCCCCCCCCCCCC(C)C)OC(=O)CCCCCCCCCCCCCCCCCC(C)C. The molecule has 600 valence electrons. The third-order valence-electron chi connectivity index (χ3n) is 19.4. The highest BCUT2D eigenvalue weighted by Crippen LogP contribution is 2.45. The molecule has 0 bridgehead atoms. The molecule has 3 unspecified atom stereocenters. The molecule has 3 N–H and O–H groups in total. The molecular formula is C82H160O17P2. The lowest BCUT2D eigenvalue weighted by atomic mass is 10.00. The lowest BCUT2D eigenvalue weighted by Crippen LogP contribution is -2.30. The lowest BCUT2D eigenvalue weighted by Gasteiger charge is -2.21. The molecule has 19 heteroatoms. The van der Waals surface area contributed by atoms with Gasteiger partial charge < -0.3 is 33.8 Å². The van der Waals surface area contributed by atoms with E-state index in [-0.39, 0.29) is 25.7 Å². The molecule has 0 aliphatic carbocycles. The van der Waals surface area contributed by atoms with Crippen molar-refractivity contribution in [3.63, 3.8) is 0 Å². The fourth-order valence-corrected chi connectivity index (χ4v) is 14.2. The second-order valence-corrected chi connectivity index (χ2v) is 34.1. The summed E-state index contributed by atoms with van der Waals surface area (Å²) in [5, 5.41) is 10.6. The standard InChI is InChI=1S/C82H160O17P2/c1-9-75(8)61-53-45-40-41-47-55-63-80(85)93-69-78(99-81(86)64-56-48-38-32-26-20-16-12-14-18-23-29-35-43-51-59-73(4)5)71-97-101(90,91)95-67-76(83)66-94-100(88,89)96-70-77(98-82(87)65-57-49-39-33-27-21-24-30-36-44-52-60-74(6)7)68-92-79(84)62-54-46-37-31-25-19-15-11-10-13-17-22-28-34-42-50-58-72(2)3/h72-78,83H,9-71H2,1-8H3,(H,88,89)(H,90,91)/t75?,76-,77-,78-/m1/s1. The van der Waals surface area contributed by atoms with Crippen LogP contribution in [-0.2, 0) is 65.4 Å². The summed E-state index contributed by atoms with van der Waals surface area (Å²) in [6.45, 7) is 14.3. The van der Waals surface area contributed by atoms with Gasteiger partial charge in [-0.1, -0.05) is 370 Å². The van der Waals surface area contributed by atoms with Gasteiger partial charge in [0.15, 0.2) is 12.2 Å². The molecule has 17 nitrogen and oxygen atoms in total. The monoisotopic (exact) mass is 1480 g/mol. The first-order chi connectivity index (χ1) is 48.6. The van der Waals surface area contributed by atoms with Crippen LogP contribution in [-0.4, -0.2) is 96.7 Å². The van der Waals surface area contributed by atoms with E-state index in [0.717, 1.165) is 120 Å². The molecular weight excluding hydrogens is 1320 g/mol. The van der Waals surface area contributed by atoms with Gasteiger partial charge in [0.25, 0.3) is 0 Å². The summed E-state index contributed by atoms with van der Waals surface area (Å²) in [5.74, 6) is 0.998. The van der Waals surface area contributed by atoms with Gasteiger partial charge in [-0.05, 0) is 49.4 Å². The number of hydrogen-bond acceptors (Lipinski definition) is 15. The van der Waals surface area contributed by atoms with Crippen molar-refractivity contribution in [1.82, 2.24) is 0 Å². The topological polar surface area (TPSA) is 237 Å². The molecule has 0 aromatic carbocycles. The van der Waals surface area contributed by atoms with E-state index >= 15 is 0 Å². The Labute approximate surface area is 619 Å². The minimum Gasteiger partial charge on any atom is -0.462 e. The minimum atomic E-state index is -4.96. The number of hydrogen-bond donors (Lipinski definition) is 3. The van der Waals surface area contributed by atoms with E-state index in [9.17, 15) is 43.2 Å². The Morgan fingerprint density at radius 1 is 0.277 bits per heavy atom. The van der Waals surface area contributed by atoms with Crippen molar-refractivity contribution < 1.29 is 80.2 Å². The Morgan fingerprint density at radius 2 is 0.475 bits per heavy atom. The number of unbranched alkanes of at least 4 members (excludes halogenated alkanes) is 44. The van der Waals surface area contributed by atoms with Crippen LogP contribution in [0.2, 0.25) is 0 Å². The molecule has 0 radical (unpaired) electrons. The summed E-state index contributed by atoms with van der Waals surface area (Å²) >= 11 is 0. The molecule has 101 heavy (non-hydrogen) atoms. The first-order valence-corrected chi connectivity index (χ1v) is 45.2. The van der Waals surface area contributed by atoms with Gasteiger partial charge in [-0.2, -0.15) is 0 Å². The van der Waals surface area contributed by atoms with Crippen molar-refractivity contribution in [2.45, 2.75) is 440 Å². The number of phosphoric ester groups is 2. The molecule has 0 aromatic rings. The quantitative estimate of drug-likeness (QED) is 0.0222. The van der Waals surface area contributed by atoms with Gasteiger partial charge in [0.1, 0.15) is 19.3 Å². The lowest BCUT2D eigenvalue weighted by molar-refractivity contribution is -0.161. The van der Waals surface area contributed by atoms with Crippen molar-refractivity contribution in [3.05, 3.63) is 0 Å². The Kier molecular flexibility index (Phi) is 69.6. The molecule has 0 heterocycles. The van der Waals surface area contributed by atoms with Crippen molar-refractivity contribution in [1.29, 1.82) is 0 Å². The first-order valence-electron chi connectivity index (χ1n) is 42.2. The fourth-order valence-electron chi connectivity index (χ4n) is 12.6. The maximum Gasteiger partial charge on any atom is 0.472 e. The molecule has 0 saturated heterocycles. The average Bonchev–Trinajstić information content (AvgIpc) is 0.941. The molecule has 0 aliphatic rings. The summed E-state index contributed by atoms with van der Waals surface area (Å²) < 4.78 is 68.7. The van der Waals surface area contributed by atoms with Gasteiger partial charge in [0, 0.05) is 25.7 Å². The third kappa shape index (κ3) is 74.7. The number of carbonyl (C=O) groups is 4. The van der Waals surface area contributed by atoms with Crippen molar-refractivity contribution in [2.75, 3.05) is 39.6 Å². The third-order valence-corrected chi connectivity index (χ3v) is 21.3. The Morgan fingerprint density at radius 3 is 0.703 bits per heavy atom. The van der Waals surface area contributed by atoms with Crippen LogP contribution in [0.25, 0.3) is 0 Å². The Balaban J connectivity index is 5.22. The van der Waals surface area contributed by atoms with E-state index in [0.29, 0.717) is 25.7 Å². The van der Waals surface area contributed by atoms with E-state index in [1.54, 1.807) is 0 Å². The molecule has 0 rings (SSSR count). The number of rotatable bonds is 79. The molecule has 0 aromatic heterocycles. The van der Waals surface area contributed by atoms with Crippen LogP contribution >= 0.6 is 15.6 Å². The van der Waals surface area contributed by atoms with Gasteiger partial charge in [-0.25, -0.2) is 9.13 Å². The van der Waals surface area contributed by atoms with Crippen LogP contribution in [0.4, 0.5) is 0 Å². The maximum absolute atomic E-state index is 13.1. The highest BCUT2D eigenvalue weighted by molar-refractivity contribution is 7.47. The van der Waals surface area contributed by atoms with Gasteiger partial charge in [-0.15, -0.1) is 0 Å². The van der Waals surface area contributed by atoms with Crippen LogP contribution in [0.15, 0.2) is 0 Å². The van der Waals surface area contributed by atoms with E-state index in [1.165, 1.54) is 218 Å². The molecule has 0 saturated carbocycles. The van der Waals surface area contributed by atoms with Crippen LogP contribution in [0.1, 0.15) is 421 Å². The van der Waals surface area contributed by atoms with Gasteiger partial charge in [0.05, 0.1) is 26.4 Å². The van der Waals surface area contributed by atoms with Gasteiger partial charge >= 0.3 is 39.5 Å². The smallest absolute Gasteiger partial charge is 0.462 e. The van der Waals surface area contributed by atoms with Crippen molar-refractivity contribution in [2.24, 2.45) is 23.7 Å². The highest BCUT2D eigenvalue weighted by atomic mass is 31.2. The summed E-state index contributed by atoms with van der Waals surface area (Å²) in [6, 6.07) is 0. The fraction of sp³-hybridized carbons (Fsp3) is 0.951. The zero-order valence-electron chi connectivity index (χ0n) is 66.5. The largest absolute Gasteiger partial charge is 0.472 e. The average molecular weight is 1480 g/mol. The molecule has 0 spiro atoms. The summed E-state index contributed by atoms with van der Waals surface area (Å²) in [4.78, 5) is 73.1. The first kappa shape index (κ1) is 99.1. The molecule has 6 atom stereocenters. The van der Waals surface area contributed by atoms with E-state index < -0.39 is 97.5 Å². The predicted molar refractivity (Wildman–Crippen MR) is 414 cm³/mol. The van der Waals surface area contributed by atoms with E-state index in [4.69, 9.17) is 37.0 Å². The van der Waals surface area contributed by atoms with Crippen LogP contribution in [0.5, 0.6) is 0 Å². The number of aliphatic hydroxyl groups is 1. The van der Waals surface area contributed by atoms with Crippen LogP contribution in [0, 0.1) is 23.7 Å². The zero-order chi connectivity index (χ0) is 74.6. The molecule has 0 amide bonds. The number of carbonyl (C=O) groups excluding carboxylic acids is 4. The van der Waals surface area contributed by atoms with Crippen LogP contribution < -0.4 is 0 Å². The number of esters is 4. The molecule has 0 fully saturated rings. The summed E-state index contributed by atoms with van der Waals surface area (Å²) in [7, 11) is -9.92. The van der Waals surface area contributed by atoms with E-state index in [1.807, 2.05) is 0 Å². The Bertz CT molecular complexity index is 1970. The second kappa shape index (κ2) is 71.0. The van der Waals surface area contributed by atoms with E-state index in [2.05, 4.69) is 55.4 Å². The second-order valence-electron chi connectivity index (χ2n) is 31.2. The normalized spacial score (nSPS) is 14.3. The minimum absolute atomic E-state index is 0.106. The van der Waals surface area contributed by atoms with Gasteiger partial charge in [-0.3, -0.25) is 37.3 Å². The number of aliphatic hydroxyl groups excluding tert-OH is 1. The maximum atomic E-state index is 13.1. The number of phosphoric acid groups is 2. The van der Waals surface area contributed by atoms with Gasteiger partial charge in [0.2, 0.25) is 0 Å². The highest BCUT2D eigenvalue weighted by Gasteiger charge is 2.30. The zero-order valence-corrected chi connectivity index (χ0v) is 68.3. The summed E-state index contributed by atoms with van der Waals surface area (Å²) in [6.07, 6.45) is 58.3. The van der Waals surface area contributed by atoms with Crippen molar-refractivity contribution >= 4 is 39.5 Å². The Hall–Kier alpha value is -1.94. The number of ether oxygens (including phenoxy) is 4. The molecule has 0 aliphatic heterocycles.